The standard InChI is InChI=1S/C19H26N6/c1-2-21-18(24-11-10-19(13-24)8-3-9-19)22-12-16-4-6-17(7-5-16)25-15-20-14-23-25/h4-7,14-15H,2-3,8-13H2,1H3,(H,21,22). The van der Waals surface area contributed by atoms with Crippen molar-refractivity contribution in [3.63, 3.8) is 0 Å². The van der Waals surface area contributed by atoms with Crippen LogP contribution in [0.15, 0.2) is 41.9 Å². The van der Waals surface area contributed by atoms with Crippen LogP contribution in [0.4, 0.5) is 0 Å². The topological polar surface area (TPSA) is 58.3 Å². The maximum Gasteiger partial charge on any atom is 0.194 e. The lowest BCUT2D eigenvalue weighted by Gasteiger charge is -2.38. The smallest absolute Gasteiger partial charge is 0.194 e. The van der Waals surface area contributed by atoms with E-state index in [1.807, 2.05) is 0 Å². The van der Waals surface area contributed by atoms with Gasteiger partial charge in [-0.2, -0.15) is 5.10 Å². The molecule has 1 N–H and O–H groups in total. The highest BCUT2D eigenvalue weighted by Gasteiger charge is 2.43. The molecule has 1 aliphatic heterocycles. The summed E-state index contributed by atoms with van der Waals surface area (Å²) in [4.78, 5) is 11.3. The average Bonchev–Trinajstić information content (AvgIpc) is 3.28. The van der Waals surface area contributed by atoms with Crippen molar-refractivity contribution in [2.75, 3.05) is 19.6 Å². The van der Waals surface area contributed by atoms with Crippen molar-refractivity contribution < 1.29 is 0 Å². The lowest BCUT2D eigenvalue weighted by atomic mass is 9.68. The van der Waals surface area contributed by atoms with Crippen molar-refractivity contribution in [1.82, 2.24) is 25.0 Å². The van der Waals surface area contributed by atoms with E-state index in [2.05, 4.69) is 51.5 Å². The highest BCUT2D eigenvalue weighted by atomic mass is 15.3. The summed E-state index contributed by atoms with van der Waals surface area (Å²) in [5.74, 6) is 1.06. The third kappa shape index (κ3) is 3.38. The summed E-state index contributed by atoms with van der Waals surface area (Å²) in [6.45, 7) is 6.05. The van der Waals surface area contributed by atoms with Gasteiger partial charge in [0.15, 0.2) is 5.96 Å². The van der Waals surface area contributed by atoms with E-state index >= 15 is 0 Å². The molecule has 0 amide bonds. The number of benzene rings is 1. The summed E-state index contributed by atoms with van der Waals surface area (Å²) >= 11 is 0. The molecule has 1 saturated carbocycles. The largest absolute Gasteiger partial charge is 0.357 e. The fourth-order valence-corrected chi connectivity index (χ4v) is 3.89. The van der Waals surface area contributed by atoms with Gasteiger partial charge >= 0.3 is 0 Å². The fraction of sp³-hybridized carbons (Fsp3) is 0.526. The highest BCUT2D eigenvalue weighted by molar-refractivity contribution is 5.80. The molecule has 2 aromatic rings. The lowest BCUT2D eigenvalue weighted by molar-refractivity contribution is 0.151. The maximum atomic E-state index is 4.88. The Bertz CT molecular complexity index is 715. The summed E-state index contributed by atoms with van der Waals surface area (Å²) in [7, 11) is 0. The summed E-state index contributed by atoms with van der Waals surface area (Å²) < 4.78 is 1.76. The minimum absolute atomic E-state index is 0.593. The van der Waals surface area contributed by atoms with Crippen molar-refractivity contribution in [3.8, 4) is 5.69 Å². The van der Waals surface area contributed by atoms with Gasteiger partial charge in [-0.25, -0.2) is 14.7 Å². The van der Waals surface area contributed by atoms with Crippen LogP contribution in [0.3, 0.4) is 0 Å². The molecule has 0 bridgehead atoms. The molecule has 1 spiro atoms. The molecule has 1 saturated heterocycles. The van der Waals surface area contributed by atoms with Crippen LogP contribution in [-0.2, 0) is 6.54 Å². The molecule has 2 aliphatic rings. The average molecular weight is 338 g/mol. The Morgan fingerprint density at radius 3 is 2.68 bits per heavy atom. The summed E-state index contributed by atoms with van der Waals surface area (Å²) in [5.41, 5.74) is 2.82. The number of nitrogens with one attached hydrogen (secondary N) is 1. The number of guanidine groups is 1. The van der Waals surface area contributed by atoms with Crippen LogP contribution in [0.1, 0.15) is 38.2 Å². The van der Waals surface area contributed by atoms with Crippen molar-refractivity contribution in [1.29, 1.82) is 0 Å². The Kier molecular flexibility index (Phi) is 4.42. The number of aliphatic imine (C=N–C) groups is 1. The van der Waals surface area contributed by atoms with Crippen molar-refractivity contribution >= 4 is 5.96 Å². The van der Waals surface area contributed by atoms with Gasteiger partial charge in [0.1, 0.15) is 12.7 Å². The van der Waals surface area contributed by atoms with Crippen LogP contribution in [0.25, 0.3) is 5.69 Å². The molecule has 0 atom stereocenters. The van der Waals surface area contributed by atoms with Crippen LogP contribution in [0.2, 0.25) is 0 Å². The summed E-state index contributed by atoms with van der Waals surface area (Å²) in [6, 6.07) is 8.35. The maximum absolute atomic E-state index is 4.88. The Hall–Kier alpha value is -2.37. The third-order valence-electron chi connectivity index (χ3n) is 5.52. The second-order valence-electron chi connectivity index (χ2n) is 7.20. The van der Waals surface area contributed by atoms with E-state index < -0.39 is 0 Å². The zero-order valence-corrected chi connectivity index (χ0v) is 14.9. The minimum atomic E-state index is 0.593. The SMILES string of the molecule is CCNC(=NCc1ccc(-n2cncn2)cc1)N1CCC2(CCC2)C1. The van der Waals surface area contributed by atoms with E-state index in [0.29, 0.717) is 12.0 Å². The van der Waals surface area contributed by atoms with Crippen molar-refractivity contribution in [2.45, 2.75) is 39.2 Å². The van der Waals surface area contributed by atoms with E-state index in [1.165, 1.54) is 37.8 Å². The number of hydrogen-bond donors (Lipinski definition) is 1. The molecule has 132 valence electrons. The molecule has 0 radical (unpaired) electrons. The van der Waals surface area contributed by atoms with Crippen LogP contribution >= 0.6 is 0 Å². The molecule has 1 aliphatic carbocycles. The van der Waals surface area contributed by atoms with Crippen LogP contribution in [0, 0.1) is 5.41 Å². The summed E-state index contributed by atoms with van der Waals surface area (Å²) in [6.07, 6.45) is 8.77. The zero-order valence-electron chi connectivity index (χ0n) is 14.9. The fourth-order valence-electron chi connectivity index (χ4n) is 3.89. The number of aromatic nitrogens is 3. The molecule has 2 heterocycles. The van der Waals surface area contributed by atoms with E-state index in [1.54, 1.807) is 17.3 Å². The predicted octanol–water partition coefficient (Wildman–Crippen LogP) is 2.61. The van der Waals surface area contributed by atoms with Crippen molar-refractivity contribution in [2.24, 2.45) is 10.4 Å². The van der Waals surface area contributed by atoms with Gasteiger partial charge in [-0.1, -0.05) is 18.6 Å². The Balaban J connectivity index is 1.42. The quantitative estimate of drug-likeness (QED) is 0.688. The first-order chi connectivity index (χ1) is 12.3. The molecule has 0 unspecified atom stereocenters. The van der Waals surface area contributed by atoms with E-state index in [0.717, 1.165) is 24.7 Å². The molecule has 25 heavy (non-hydrogen) atoms. The highest BCUT2D eigenvalue weighted by Crippen LogP contribution is 2.47. The molecular weight excluding hydrogens is 312 g/mol. The second-order valence-corrected chi connectivity index (χ2v) is 7.20. The predicted molar refractivity (Wildman–Crippen MR) is 98.6 cm³/mol. The van der Waals surface area contributed by atoms with Gasteiger partial charge in [0.05, 0.1) is 12.2 Å². The van der Waals surface area contributed by atoms with Gasteiger partial charge in [0, 0.05) is 19.6 Å². The molecular formula is C19H26N6. The van der Waals surface area contributed by atoms with Gasteiger partial charge in [0.2, 0.25) is 0 Å². The molecule has 2 fully saturated rings. The van der Waals surface area contributed by atoms with Gasteiger partial charge < -0.3 is 10.2 Å². The Morgan fingerprint density at radius 1 is 1.24 bits per heavy atom. The van der Waals surface area contributed by atoms with Crippen LogP contribution in [-0.4, -0.2) is 45.3 Å². The van der Waals surface area contributed by atoms with Crippen LogP contribution < -0.4 is 5.32 Å². The number of likely N-dealkylation sites (tertiary alicyclic amines) is 1. The summed E-state index contributed by atoms with van der Waals surface area (Å²) in [5, 5.41) is 7.62. The number of nitrogens with zero attached hydrogens (tertiary/aromatic N) is 5. The Labute approximate surface area is 149 Å². The second kappa shape index (κ2) is 6.86. The number of hydrogen-bond acceptors (Lipinski definition) is 3. The van der Waals surface area contributed by atoms with E-state index in [-0.39, 0.29) is 0 Å². The molecule has 4 rings (SSSR count). The minimum Gasteiger partial charge on any atom is -0.357 e. The normalized spacial score (nSPS) is 19.2. The van der Waals surface area contributed by atoms with Gasteiger partial charge in [-0.05, 0) is 49.3 Å². The molecule has 1 aromatic heterocycles. The molecule has 6 heteroatoms. The monoisotopic (exact) mass is 338 g/mol. The number of rotatable bonds is 4. The molecule has 6 nitrogen and oxygen atoms in total. The Morgan fingerprint density at radius 2 is 2.08 bits per heavy atom. The van der Waals surface area contributed by atoms with Crippen LogP contribution in [0.5, 0.6) is 0 Å². The van der Waals surface area contributed by atoms with Gasteiger partial charge in [-0.15, -0.1) is 0 Å². The van der Waals surface area contributed by atoms with Gasteiger partial charge in [0.25, 0.3) is 0 Å². The zero-order chi connectivity index (χ0) is 17.1. The first kappa shape index (κ1) is 16.1. The van der Waals surface area contributed by atoms with E-state index in [4.69, 9.17) is 4.99 Å². The molecule has 1 aromatic carbocycles. The van der Waals surface area contributed by atoms with Crippen molar-refractivity contribution in [3.05, 3.63) is 42.5 Å². The first-order valence-electron chi connectivity index (χ1n) is 9.25. The first-order valence-corrected chi connectivity index (χ1v) is 9.25. The van der Waals surface area contributed by atoms with Gasteiger partial charge in [-0.3, -0.25) is 0 Å². The lowest BCUT2D eigenvalue weighted by Crippen LogP contribution is -2.42. The third-order valence-corrected chi connectivity index (χ3v) is 5.52. The van der Waals surface area contributed by atoms with E-state index in [9.17, 15) is 0 Å².